The Morgan fingerprint density at radius 3 is 2.12 bits per heavy atom. The molecule has 0 unspecified atom stereocenters. The van der Waals surface area contributed by atoms with Crippen molar-refractivity contribution < 1.29 is 38.7 Å². The molecule has 0 aliphatic heterocycles. The zero-order chi connectivity index (χ0) is 19.5. The molecule has 1 aromatic carbocycles. The van der Waals surface area contributed by atoms with E-state index < -0.39 is 17.7 Å². The van der Waals surface area contributed by atoms with Gasteiger partial charge in [-0.25, -0.2) is 9.59 Å². The maximum Gasteiger partial charge on any atom is 0.336 e. The van der Waals surface area contributed by atoms with Crippen LogP contribution >= 0.6 is 0 Å². The highest BCUT2D eigenvalue weighted by Gasteiger charge is 2.36. The predicted octanol–water partition coefficient (Wildman–Crippen LogP) is 2.19. The molecule has 1 aliphatic carbocycles. The van der Waals surface area contributed by atoms with E-state index in [1.807, 2.05) is 0 Å². The molecule has 0 radical (unpaired) electrons. The molecule has 0 saturated carbocycles. The second-order valence-corrected chi connectivity index (χ2v) is 5.48. The van der Waals surface area contributed by atoms with Crippen LogP contribution in [-0.2, 0) is 14.3 Å². The number of carboxylic acids is 2. The van der Waals surface area contributed by atoms with E-state index in [0.29, 0.717) is 0 Å². The molecule has 0 heterocycles. The van der Waals surface area contributed by atoms with E-state index in [1.54, 1.807) is 6.08 Å². The van der Waals surface area contributed by atoms with Crippen molar-refractivity contribution in [3.63, 3.8) is 0 Å². The Kier molecular flexibility index (Phi) is 5.69. The molecule has 2 rings (SSSR count). The quantitative estimate of drug-likeness (QED) is 0.708. The Balaban J connectivity index is 2.78. The molecule has 140 valence electrons. The number of hydrogen-bond acceptors (Lipinski definition) is 6. The zero-order valence-corrected chi connectivity index (χ0v) is 14.9. The number of hydrogen-bond donors (Lipinski definition) is 2. The molecule has 0 aromatic heterocycles. The van der Waals surface area contributed by atoms with Crippen LogP contribution in [0.3, 0.4) is 0 Å². The van der Waals surface area contributed by atoms with Crippen molar-refractivity contribution in [2.45, 2.75) is 12.2 Å². The van der Waals surface area contributed by atoms with E-state index in [1.165, 1.54) is 46.6 Å². The van der Waals surface area contributed by atoms with Gasteiger partial charge in [-0.05, 0) is 17.7 Å². The summed E-state index contributed by atoms with van der Waals surface area (Å²) < 4.78 is 21.0. The summed E-state index contributed by atoms with van der Waals surface area (Å²) >= 11 is 0. The minimum absolute atomic E-state index is 0.0535. The summed E-state index contributed by atoms with van der Waals surface area (Å²) in [5, 5.41) is 19.3. The monoisotopic (exact) mass is 364 g/mol. The zero-order valence-electron chi connectivity index (χ0n) is 14.9. The number of ether oxygens (including phenoxy) is 4. The fraction of sp³-hybridized carbons (Fsp3) is 0.333. The van der Waals surface area contributed by atoms with Crippen molar-refractivity contribution in [1.82, 2.24) is 0 Å². The number of rotatable bonds is 7. The van der Waals surface area contributed by atoms with Gasteiger partial charge in [-0.3, -0.25) is 0 Å². The van der Waals surface area contributed by atoms with Crippen LogP contribution in [0, 0.1) is 0 Å². The fourth-order valence-electron chi connectivity index (χ4n) is 2.82. The number of carboxylic acid groups (broad SMARTS) is 2. The lowest BCUT2D eigenvalue weighted by atomic mass is 9.86. The number of benzene rings is 1. The molecular formula is C18H20O8. The first-order chi connectivity index (χ1) is 12.3. The third-order valence-electron chi connectivity index (χ3n) is 4.23. The van der Waals surface area contributed by atoms with Gasteiger partial charge in [0.2, 0.25) is 0 Å². The summed E-state index contributed by atoms with van der Waals surface area (Å²) in [5.74, 6) is -3.22. The third kappa shape index (κ3) is 3.42. The van der Waals surface area contributed by atoms with Crippen molar-refractivity contribution in [2.75, 3.05) is 28.4 Å². The number of methoxy groups -OCH3 is 4. The predicted molar refractivity (Wildman–Crippen MR) is 91.6 cm³/mol. The van der Waals surface area contributed by atoms with Gasteiger partial charge in [0.05, 0.1) is 25.4 Å². The van der Waals surface area contributed by atoms with E-state index in [2.05, 4.69) is 0 Å². The molecular weight excluding hydrogens is 344 g/mol. The fourth-order valence-corrected chi connectivity index (χ4v) is 2.82. The van der Waals surface area contributed by atoms with Crippen LogP contribution in [0.25, 0.3) is 5.57 Å². The molecule has 0 fully saturated rings. The van der Waals surface area contributed by atoms with Gasteiger partial charge in [0.1, 0.15) is 11.5 Å². The van der Waals surface area contributed by atoms with Gasteiger partial charge in [0.15, 0.2) is 5.79 Å². The highest BCUT2D eigenvalue weighted by atomic mass is 16.7. The van der Waals surface area contributed by atoms with Gasteiger partial charge in [0, 0.05) is 32.3 Å². The van der Waals surface area contributed by atoms with Crippen LogP contribution in [-0.4, -0.2) is 56.4 Å². The van der Waals surface area contributed by atoms with Gasteiger partial charge < -0.3 is 29.2 Å². The van der Waals surface area contributed by atoms with Crippen molar-refractivity contribution in [2.24, 2.45) is 0 Å². The molecule has 8 heteroatoms. The average Bonchev–Trinajstić information content (AvgIpc) is 2.66. The lowest BCUT2D eigenvalue weighted by Crippen LogP contribution is -2.35. The van der Waals surface area contributed by atoms with Crippen LogP contribution in [0.2, 0.25) is 0 Å². The molecule has 1 aromatic rings. The first kappa shape index (κ1) is 19.5. The van der Waals surface area contributed by atoms with Gasteiger partial charge >= 0.3 is 11.9 Å². The van der Waals surface area contributed by atoms with Crippen molar-refractivity contribution in [1.29, 1.82) is 0 Å². The van der Waals surface area contributed by atoms with Crippen LogP contribution in [0.15, 0.2) is 29.9 Å². The molecule has 0 saturated heterocycles. The summed E-state index contributed by atoms with van der Waals surface area (Å²) in [6.07, 6.45) is 2.91. The smallest absolute Gasteiger partial charge is 0.336 e. The maximum atomic E-state index is 11.8. The van der Waals surface area contributed by atoms with Gasteiger partial charge in [-0.15, -0.1) is 0 Å². The number of aliphatic carboxylic acids is 1. The van der Waals surface area contributed by atoms with Crippen LogP contribution in [0.5, 0.6) is 11.5 Å². The first-order valence-corrected chi connectivity index (χ1v) is 7.58. The van der Waals surface area contributed by atoms with E-state index in [4.69, 9.17) is 18.9 Å². The van der Waals surface area contributed by atoms with Crippen LogP contribution < -0.4 is 9.47 Å². The molecule has 0 amide bonds. The number of allylic oxidation sites excluding steroid dienone is 2. The molecule has 1 aliphatic rings. The lowest BCUT2D eigenvalue weighted by molar-refractivity contribution is -0.171. The Labute approximate surface area is 150 Å². The normalized spacial score (nSPS) is 15.7. The van der Waals surface area contributed by atoms with Crippen LogP contribution in [0.4, 0.5) is 0 Å². The van der Waals surface area contributed by atoms with Crippen molar-refractivity contribution >= 4 is 17.5 Å². The highest BCUT2D eigenvalue weighted by molar-refractivity contribution is 6.05. The molecule has 0 bridgehead atoms. The van der Waals surface area contributed by atoms with E-state index in [0.717, 1.165) is 0 Å². The summed E-state index contributed by atoms with van der Waals surface area (Å²) in [7, 11) is 5.56. The second kappa shape index (κ2) is 7.59. The maximum absolute atomic E-state index is 11.8. The van der Waals surface area contributed by atoms with E-state index >= 15 is 0 Å². The molecule has 2 N–H and O–H groups in total. The minimum Gasteiger partial charge on any atom is -0.497 e. The third-order valence-corrected chi connectivity index (χ3v) is 4.23. The largest absolute Gasteiger partial charge is 0.497 e. The van der Waals surface area contributed by atoms with Gasteiger partial charge in [-0.2, -0.15) is 0 Å². The summed E-state index contributed by atoms with van der Waals surface area (Å²) in [4.78, 5) is 23.6. The summed E-state index contributed by atoms with van der Waals surface area (Å²) in [5.41, 5.74) is 0.165. The molecule has 0 spiro atoms. The number of aromatic carboxylic acids is 1. The highest BCUT2D eigenvalue weighted by Crippen LogP contribution is 2.41. The number of carbonyl (C=O) groups is 2. The Morgan fingerprint density at radius 1 is 1.00 bits per heavy atom. The summed E-state index contributed by atoms with van der Waals surface area (Å²) in [6, 6.07) is 2.81. The van der Waals surface area contributed by atoms with Gasteiger partial charge in [0.25, 0.3) is 0 Å². The lowest BCUT2D eigenvalue weighted by Gasteiger charge is -2.32. The Bertz CT molecular complexity index is 787. The van der Waals surface area contributed by atoms with Gasteiger partial charge in [-0.1, -0.05) is 6.08 Å². The minimum atomic E-state index is -1.24. The molecule has 26 heavy (non-hydrogen) atoms. The Hall–Kier alpha value is -2.84. The van der Waals surface area contributed by atoms with E-state index in [9.17, 15) is 19.8 Å². The Morgan fingerprint density at radius 2 is 1.65 bits per heavy atom. The van der Waals surface area contributed by atoms with Crippen molar-refractivity contribution in [3.8, 4) is 11.5 Å². The van der Waals surface area contributed by atoms with Crippen LogP contribution in [0.1, 0.15) is 22.3 Å². The first-order valence-electron chi connectivity index (χ1n) is 7.58. The van der Waals surface area contributed by atoms with Crippen molar-refractivity contribution in [3.05, 3.63) is 41.0 Å². The molecule has 0 atom stereocenters. The second-order valence-electron chi connectivity index (χ2n) is 5.48. The topological polar surface area (TPSA) is 112 Å². The van der Waals surface area contributed by atoms with E-state index in [-0.39, 0.29) is 40.2 Å². The average molecular weight is 364 g/mol. The standard InChI is InChI=1S/C18H20O8/c1-23-10-7-12(16(19)20)15(14(8-10)24-2)11-5-6-18(25-3,26-4)9-13(11)17(21)22/h5-8H,9H2,1-4H3,(H,19,20)(H,21,22). The SMILES string of the molecule is COc1cc(OC)c(C2=C(C(=O)O)CC(OC)(OC)C=C2)c(C(=O)O)c1. The molecule has 8 nitrogen and oxygen atoms in total. The summed E-state index contributed by atoms with van der Waals surface area (Å²) in [6.45, 7) is 0.